The van der Waals surface area contributed by atoms with E-state index in [0.29, 0.717) is 12.0 Å². The molecule has 0 spiro atoms. The molecule has 0 aliphatic carbocycles. The van der Waals surface area contributed by atoms with Gasteiger partial charge >= 0.3 is 0 Å². The summed E-state index contributed by atoms with van der Waals surface area (Å²) in [4.78, 5) is 2.68. The summed E-state index contributed by atoms with van der Waals surface area (Å²) in [5, 5.41) is 0. The minimum absolute atomic E-state index is 0.328. The van der Waals surface area contributed by atoms with Crippen molar-refractivity contribution in [3.63, 3.8) is 0 Å². The number of likely N-dealkylation sites (tertiary alicyclic amines) is 1. The average molecular weight is 212 g/mol. The summed E-state index contributed by atoms with van der Waals surface area (Å²) in [6.07, 6.45) is 6.89. The molecule has 3 atom stereocenters. The van der Waals surface area contributed by atoms with Crippen LogP contribution in [0.25, 0.3) is 0 Å². The number of piperidine rings is 1. The average Bonchev–Trinajstić information content (AvgIpc) is 2.21. The van der Waals surface area contributed by atoms with E-state index in [9.17, 15) is 0 Å². The van der Waals surface area contributed by atoms with Crippen molar-refractivity contribution in [2.45, 2.75) is 65.0 Å². The van der Waals surface area contributed by atoms with Crippen LogP contribution in [0.2, 0.25) is 0 Å². The molecule has 1 rings (SSSR count). The Kier molecular flexibility index (Phi) is 5.62. The first-order chi connectivity index (χ1) is 7.15. The van der Waals surface area contributed by atoms with Crippen LogP contribution in [0.4, 0.5) is 0 Å². The molecule has 0 bridgehead atoms. The van der Waals surface area contributed by atoms with Gasteiger partial charge in [-0.25, -0.2) is 0 Å². The maximum Gasteiger partial charge on any atom is 0.00952 e. The van der Waals surface area contributed by atoms with E-state index in [2.05, 4.69) is 25.7 Å². The Morgan fingerprint density at radius 1 is 1.33 bits per heavy atom. The summed E-state index contributed by atoms with van der Waals surface area (Å²) in [6, 6.07) is 1.17. The van der Waals surface area contributed by atoms with E-state index >= 15 is 0 Å². The van der Waals surface area contributed by atoms with Crippen LogP contribution in [0, 0.1) is 5.92 Å². The van der Waals surface area contributed by atoms with Crippen molar-refractivity contribution in [2.75, 3.05) is 13.1 Å². The highest BCUT2D eigenvalue weighted by Crippen LogP contribution is 2.22. The smallest absolute Gasteiger partial charge is 0.00952 e. The lowest BCUT2D eigenvalue weighted by molar-refractivity contribution is 0.116. The first-order valence-corrected chi connectivity index (χ1v) is 6.64. The largest absolute Gasteiger partial charge is 0.328 e. The van der Waals surface area contributed by atoms with Crippen LogP contribution in [-0.4, -0.2) is 30.1 Å². The van der Waals surface area contributed by atoms with E-state index in [1.165, 1.54) is 45.2 Å². The lowest BCUT2D eigenvalue weighted by Crippen LogP contribution is -2.44. The summed E-state index contributed by atoms with van der Waals surface area (Å²) in [5.74, 6) is 0.627. The molecule has 90 valence electrons. The van der Waals surface area contributed by atoms with Crippen LogP contribution in [-0.2, 0) is 0 Å². The highest BCUT2D eigenvalue weighted by Gasteiger charge is 2.23. The molecule has 0 radical (unpaired) electrons. The molecule has 2 nitrogen and oxygen atoms in total. The Balaban J connectivity index is 2.41. The second kappa shape index (κ2) is 6.49. The van der Waals surface area contributed by atoms with Crippen molar-refractivity contribution < 1.29 is 0 Å². The fraction of sp³-hybridized carbons (Fsp3) is 1.00. The van der Waals surface area contributed by atoms with Crippen molar-refractivity contribution in [3.05, 3.63) is 0 Å². The topological polar surface area (TPSA) is 29.3 Å². The lowest BCUT2D eigenvalue weighted by atomic mass is 9.95. The van der Waals surface area contributed by atoms with Crippen molar-refractivity contribution in [1.29, 1.82) is 0 Å². The third-order valence-electron chi connectivity index (χ3n) is 3.79. The van der Waals surface area contributed by atoms with E-state index in [-0.39, 0.29) is 0 Å². The van der Waals surface area contributed by atoms with E-state index < -0.39 is 0 Å². The van der Waals surface area contributed by atoms with Crippen molar-refractivity contribution >= 4 is 0 Å². The van der Waals surface area contributed by atoms with Crippen LogP contribution >= 0.6 is 0 Å². The van der Waals surface area contributed by atoms with Gasteiger partial charge in [-0.3, -0.25) is 0 Å². The van der Waals surface area contributed by atoms with Gasteiger partial charge in [-0.1, -0.05) is 26.7 Å². The summed E-state index contributed by atoms with van der Waals surface area (Å²) in [6.45, 7) is 9.19. The molecular formula is C13H28N2. The van der Waals surface area contributed by atoms with Gasteiger partial charge in [-0.15, -0.1) is 0 Å². The monoisotopic (exact) mass is 212 g/mol. The number of nitrogens with zero attached hydrogens (tertiary/aromatic N) is 1. The molecule has 0 saturated carbocycles. The Labute approximate surface area is 95.2 Å². The van der Waals surface area contributed by atoms with Gasteiger partial charge in [0.15, 0.2) is 0 Å². The zero-order chi connectivity index (χ0) is 11.3. The predicted molar refractivity (Wildman–Crippen MR) is 66.9 cm³/mol. The molecule has 1 heterocycles. The predicted octanol–water partition coefficient (Wildman–Crippen LogP) is 2.62. The molecule has 0 aromatic rings. The number of nitrogens with two attached hydrogens (primary N) is 1. The van der Waals surface area contributed by atoms with Gasteiger partial charge in [0.05, 0.1) is 0 Å². The summed E-state index contributed by atoms with van der Waals surface area (Å²) in [5.41, 5.74) is 5.95. The minimum atomic E-state index is 0.328. The van der Waals surface area contributed by atoms with Crippen molar-refractivity contribution in [3.8, 4) is 0 Å². The first-order valence-electron chi connectivity index (χ1n) is 6.64. The van der Waals surface area contributed by atoms with E-state index in [1.54, 1.807) is 0 Å². The van der Waals surface area contributed by atoms with Crippen LogP contribution in [0.5, 0.6) is 0 Å². The van der Waals surface area contributed by atoms with Gasteiger partial charge in [-0.2, -0.15) is 0 Å². The van der Waals surface area contributed by atoms with Crippen LogP contribution in [0.15, 0.2) is 0 Å². The molecule has 0 aromatic carbocycles. The summed E-state index contributed by atoms with van der Waals surface area (Å²) >= 11 is 0. The highest BCUT2D eigenvalue weighted by molar-refractivity contribution is 4.79. The van der Waals surface area contributed by atoms with Gasteiger partial charge < -0.3 is 10.6 Å². The van der Waals surface area contributed by atoms with Gasteiger partial charge in [0, 0.05) is 18.6 Å². The third-order valence-corrected chi connectivity index (χ3v) is 3.79. The van der Waals surface area contributed by atoms with Crippen molar-refractivity contribution in [1.82, 2.24) is 4.90 Å². The second-order valence-corrected chi connectivity index (χ2v) is 5.27. The van der Waals surface area contributed by atoms with Crippen molar-refractivity contribution in [2.24, 2.45) is 11.7 Å². The molecular weight excluding hydrogens is 184 g/mol. The van der Waals surface area contributed by atoms with Gasteiger partial charge in [0.1, 0.15) is 0 Å². The molecule has 15 heavy (non-hydrogen) atoms. The van der Waals surface area contributed by atoms with Gasteiger partial charge in [-0.05, 0) is 38.6 Å². The number of rotatable bonds is 5. The third kappa shape index (κ3) is 4.12. The first kappa shape index (κ1) is 13.0. The summed E-state index contributed by atoms with van der Waals surface area (Å²) < 4.78 is 0. The Bertz CT molecular complexity index is 166. The molecule has 0 aromatic heterocycles. The zero-order valence-electron chi connectivity index (χ0n) is 10.7. The zero-order valence-corrected chi connectivity index (χ0v) is 10.7. The van der Waals surface area contributed by atoms with E-state index in [1.807, 2.05) is 0 Å². The molecule has 2 heteroatoms. The van der Waals surface area contributed by atoms with Crippen LogP contribution < -0.4 is 5.73 Å². The Hall–Kier alpha value is -0.0800. The van der Waals surface area contributed by atoms with E-state index in [0.717, 1.165) is 6.04 Å². The minimum Gasteiger partial charge on any atom is -0.328 e. The molecule has 3 unspecified atom stereocenters. The highest BCUT2D eigenvalue weighted by atomic mass is 15.2. The molecule has 2 N–H and O–H groups in total. The Morgan fingerprint density at radius 3 is 2.67 bits per heavy atom. The SMILES string of the molecule is CCCC1CCCCN1CC(C)C(C)N. The Morgan fingerprint density at radius 2 is 2.07 bits per heavy atom. The fourth-order valence-corrected chi connectivity index (χ4v) is 2.50. The normalized spacial score (nSPS) is 27.6. The van der Waals surface area contributed by atoms with E-state index in [4.69, 9.17) is 5.73 Å². The summed E-state index contributed by atoms with van der Waals surface area (Å²) in [7, 11) is 0. The van der Waals surface area contributed by atoms with Crippen LogP contribution in [0.1, 0.15) is 52.9 Å². The van der Waals surface area contributed by atoms with Gasteiger partial charge in [0.2, 0.25) is 0 Å². The molecule has 0 amide bonds. The molecule has 1 aliphatic heterocycles. The number of hydrogen-bond acceptors (Lipinski definition) is 2. The van der Waals surface area contributed by atoms with Gasteiger partial charge in [0.25, 0.3) is 0 Å². The van der Waals surface area contributed by atoms with Crippen LogP contribution in [0.3, 0.4) is 0 Å². The standard InChI is InChI=1S/C13H28N2/c1-4-7-13-8-5-6-9-15(13)10-11(2)12(3)14/h11-13H,4-10,14H2,1-3H3. The maximum atomic E-state index is 5.95. The molecule has 1 aliphatic rings. The molecule has 1 saturated heterocycles. The quantitative estimate of drug-likeness (QED) is 0.759. The second-order valence-electron chi connectivity index (χ2n) is 5.27. The molecule has 1 fully saturated rings. The number of hydrogen-bond donors (Lipinski definition) is 1. The fourth-order valence-electron chi connectivity index (χ4n) is 2.50. The maximum absolute atomic E-state index is 5.95. The lowest BCUT2D eigenvalue weighted by Gasteiger charge is -2.38.